The van der Waals surface area contributed by atoms with Gasteiger partial charge in [-0.1, -0.05) is 17.7 Å². The topological polar surface area (TPSA) is 250 Å². The van der Waals surface area contributed by atoms with Crippen LogP contribution in [-0.4, -0.2) is 61.9 Å². The normalized spacial score (nSPS) is 11.3. The van der Waals surface area contributed by atoms with Crippen molar-refractivity contribution in [2.24, 2.45) is 20.5 Å². The number of rotatable bonds is 17. The zero-order valence-electron chi connectivity index (χ0n) is 28.8. The minimum Gasteiger partial charge on any atom is -0.494 e. The van der Waals surface area contributed by atoms with Crippen LogP contribution in [0.1, 0.15) is 32.6 Å². The maximum Gasteiger partial charge on any atom is 0.337 e. The Morgan fingerprint density at radius 2 is 1.40 bits per heavy atom. The lowest BCUT2D eigenvalue weighted by molar-refractivity contribution is -0.254. The predicted molar refractivity (Wildman–Crippen MR) is 194 cm³/mol. The second-order valence-corrected chi connectivity index (χ2v) is 11.4. The summed E-state index contributed by atoms with van der Waals surface area (Å²) in [6.45, 7) is 3.51. The van der Waals surface area contributed by atoms with Crippen LogP contribution in [0.4, 0.5) is 52.0 Å². The molecule has 0 radical (unpaired) electrons. The number of hydrogen-bond acceptors (Lipinski definition) is 17. The zero-order valence-corrected chi connectivity index (χ0v) is 28.8. The van der Waals surface area contributed by atoms with E-state index < -0.39 is 5.97 Å². The number of aliphatic hydroxyl groups excluding tert-OH is 1. The highest BCUT2D eigenvalue weighted by Crippen LogP contribution is 2.33. The van der Waals surface area contributed by atoms with Crippen LogP contribution in [0.2, 0.25) is 0 Å². The van der Waals surface area contributed by atoms with Gasteiger partial charge in [-0.25, -0.2) is 14.6 Å². The quantitative estimate of drug-likeness (QED) is 0.0274. The molecule has 0 aliphatic carbocycles. The number of nitrogens with zero attached hydrogens (tertiary/aromatic N) is 7. The smallest absolute Gasteiger partial charge is 0.337 e. The number of benzene rings is 4. The fourth-order valence-electron chi connectivity index (χ4n) is 4.92. The Kier molecular flexibility index (Phi) is 13.0. The van der Waals surface area contributed by atoms with E-state index in [1.165, 1.54) is 7.11 Å². The molecule has 1 aromatic heterocycles. The maximum absolute atomic E-state index is 11.7. The molecule has 18 nitrogen and oxygen atoms in total. The lowest BCUT2D eigenvalue weighted by Crippen LogP contribution is -2.12. The predicted octanol–water partition coefficient (Wildman–Crippen LogP) is 7.90. The van der Waals surface area contributed by atoms with Gasteiger partial charge in [0, 0.05) is 18.3 Å². The largest absolute Gasteiger partial charge is 0.494 e. The van der Waals surface area contributed by atoms with Gasteiger partial charge in [0.15, 0.2) is 0 Å². The van der Waals surface area contributed by atoms with Crippen molar-refractivity contribution in [1.82, 2.24) is 15.0 Å². The molecule has 0 atom stereocenters. The van der Waals surface area contributed by atoms with E-state index in [0.29, 0.717) is 45.3 Å². The molecule has 0 amide bonds. The molecule has 0 spiro atoms. The third-order valence-corrected chi connectivity index (χ3v) is 7.34. The van der Waals surface area contributed by atoms with E-state index in [4.69, 9.17) is 15.3 Å². The fourth-order valence-corrected chi connectivity index (χ4v) is 4.92. The number of nitrogens with one attached hydrogen (secondary N) is 3. The summed E-state index contributed by atoms with van der Waals surface area (Å²) in [5, 5.41) is 62.9. The number of aryl methyl sites for hydroxylation is 2. The maximum atomic E-state index is 11.7. The van der Waals surface area contributed by atoms with Crippen LogP contribution in [0, 0.1) is 13.8 Å². The molecule has 53 heavy (non-hydrogen) atoms. The van der Waals surface area contributed by atoms with Crippen LogP contribution in [0.3, 0.4) is 0 Å². The number of carboxylic acid groups (broad SMARTS) is 1. The first-order chi connectivity index (χ1) is 25.7. The summed E-state index contributed by atoms with van der Waals surface area (Å²) in [7, 11) is 1.49. The monoisotopic (exact) mass is 724 g/mol. The molecule has 0 aliphatic rings. The van der Waals surface area contributed by atoms with Crippen molar-refractivity contribution in [1.29, 1.82) is 0 Å². The highest BCUT2D eigenvalue weighted by atomic mass is 17.1. The number of carbonyl (C=O) groups is 1. The zero-order chi connectivity index (χ0) is 37.7. The first-order valence-electron chi connectivity index (χ1n) is 15.9. The van der Waals surface area contributed by atoms with Crippen molar-refractivity contribution >= 4 is 57.9 Å². The van der Waals surface area contributed by atoms with Gasteiger partial charge < -0.3 is 30.9 Å². The summed E-state index contributed by atoms with van der Waals surface area (Å²) in [4.78, 5) is 33.5. The highest BCUT2D eigenvalue weighted by Gasteiger charge is 2.13. The number of carboxylic acids is 1. The summed E-state index contributed by atoms with van der Waals surface area (Å²) in [6.07, 6.45) is 0. The van der Waals surface area contributed by atoms with Crippen LogP contribution in [0.25, 0.3) is 0 Å². The van der Waals surface area contributed by atoms with Crippen LogP contribution >= 0.6 is 0 Å². The molecule has 0 aliphatic heterocycles. The molecule has 0 saturated heterocycles. The van der Waals surface area contributed by atoms with Crippen molar-refractivity contribution in [3.8, 4) is 5.75 Å². The molecule has 4 aromatic carbocycles. The Morgan fingerprint density at radius 1 is 0.736 bits per heavy atom. The van der Waals surface area contributed by atoms with Gasteiger partial charge in [-0.05, 0) is 85.1 Å². The third kappa shape index (κ3) is 10.5. The Bertz CT molecular complexity index is 2110. The van der Waals surface area contributed by atoms with E-state index in [9.17, 15) is 15.0 Å². The number of aromatic nitrogens is 3. The molecule has 274 valence electrons. The van der Waals surface area contributed by atoms with E-state index in [0.717, 1.165) is 11.1 Å². The van der Waals surface area contributed by atoms with E-state index >= 15 is 0 Å². The minimum absolute atomic E-state index is 0.0620. The van der Waals surface area contributed by atoms with Gasteiger partial charge in [0.05, 0.1) is 42.0 Å². The fraction of sp³-hybridized carbons (Fsp3) is 0.200. The first kappa shape index (κ1) is 37.8. The van der Waals surface area contributed by atoms with Gasteiger partial charge >= 0.3 is 5.97 Å². The first-order valence-corrected chi connectivity index (χ1v) is 15.9. The number of azo groups is 2. The highest BCUT2D eigenvalue weighted by molar-refractivity contribution is 5.93. The van der Waals surface area contributed by atoms with Crippen LogP contribution in [0.5, 0.6) is 5.75 Å². The molecule has 0 bridgehead atoms. The molecule has 1 heterocycles. The van der Waals surface area contributed by atoms with Gasteiger partial charge in [-0.2, -0.15) is 30.3 Å². The van der Waals surface area contributed by atoms with E-state index in [-0.39, 0.29) is 55.5 Å². The molecule has 0 saturated carbocycles. The van der Waals surface area contributed by atoms with E-state index in [2.05, 4.69) is 61.1 Å². The van der Waals surface area contributed by atoms with Crippen molar-refractivity contribution < 1.29 is 40.0 Å². The van der Waals surface area contributed by atoms with Gasteiger partial charge in [0.25, 0.3) is 0 Å². The van der Waals surface area contributed by atoms with Crippen molar-refractivity contribution in [3.63, 3.8) is 0 Å². The molecular weight excluding hydrogens is 688 g/mol. The summed E-state index contributed by atoms with van der Waals surface area (Å²) in [6, 6.07) is 20.3. The SMILES string of the molecule is COc1cc(N=Nc2cc(COO)cc(COO)c2)ccc1Nc1nc(NCCO)nc(Nc2ccc(N=Nc3ccc(C)cc3C(=O)O)c(C)c2)n1. The average molecular weight is 725 g/mol. The Morgan fingerprint density at radius 3 is 2.06 bits per heavy atom. The van der Waals surface area contributed by atoms with Gasteiger partial charge in [-0.3, -0.25) is 10.5 Å². The van der Waals surface area contributed by atoms with Crippen LogP contribution in [-0.2, 0) is 23.0 Å². The lowest BCUT2D eigenvalue weighted by Gasteiger charge is -2.13. The second kappa shape index (κ2) is 18.2. The van der Waals surface area contributed by atoms with Gasteiger partial charge in [0.2, 0.25) is 17.8 Å². The van der Waals surface area contributed by atoms with Gasteiger partial charge in [-0.15, -0.1) is 5.11 Å². The summed E-state index contributed by atoms with van der Waals surface area (Å²) < 4.78 is 5.60. The van der Waals surface area contributed by atoms with Gasteiger partial charge in [0.1, 0.15) is 24.7 Å². The summed E-state index contributed by atoms with van der Waals surface area (Å²) in [5.74, 6) is -0.147. The number of methoxy groups -OCH3 is 1. The average Bonchev–Trinajstić information content (AvgIpc) is 3.13. The molecular formula is C35H36N10O8. The summed E-state index contributed by atoms with van der Waals surface area (Å²) in [5.41, 5.74) is 5.62. The molecule has 5 aromatic rings. The van der Waals surface area contributed by atoms with E-state index in [1.54, 1.807) is 73.7 Å². The third-order valence-electron chi connectivity index (χ3n) is 7.34. The molecule has 5 rings (SSSR count). The number of hydrogen-bond donors (Lipinski definition) is 7. The van der Waals surface area contributed by atoms with Crippen molar-refractivity contribution in [3.05, 3.63) is 101 Å². The van der Waals surface area contributed by atoms with Crippen LogP contribution in [0.15, 0.2) is 93.3 Å². The number of aliphatic hydroxyl groups is 1. The number of anilines is 5. The van der Waals surface area contributed by atoms with Crippen molar-refractivity contribution in [2.45, 2.75) is 27.1 Å². The Balaban J connectivity index is 1.35. The van der Waals surface area contributed by atoms with Crippen LogP contribution < -0.4 is 20.7 Å². The standard InChI is InChI=1S/C35H36N10O8/c1-20-4-7-29(27(12-20)32(47)48)45-44-28-8-5-24(13-21(28)2)37-34-39-33(36-10-11-46)40-35(41-34)38-30-9-6-25(17-31(30)51-3)42-43-26-15-22(18-52-49)14-23(16-26)19-53-50/h4-9,12-17,46,49-50H,10-11,18-19H2,1-3H3,(H,47,48)(H3,36,37,38,39,40,41). The Hall–Kier alpha value is -6.44. The number of aromatic carboxylic acids is 1. The second-order valence-electron chi connectivity index (χ2n) is 11.4. The van der Waals surface area contributed by atoms with Crippen molar-refractivity contribution in [2.75, 3.05) is 36.2 Å². The summed E-state index contributed by atoms with van der Waals surface area (Å²) >= 11 is 0. The molecule has 7 N–H and O–H groups in total. The molecule has 0 fully saturated rings. The lowest BCUT2D eigenvalue weighted by atomic mass is 10.1. The number of ether oxygens (including phenoxy) is 1. The minimum atomic E-state index is -1.09. The molecule has 18 heteroatoms. The Labute approximate surface area is 302 Å². The van der Waals surface area contributed by atoms with E-state index in [1.807, 2.05) is 13.0 Å². The molecule has 0 unspecified atom stereocenters.